The van der Waals surface area contributed by atoms with Gasteiger partial charge in [-0.2, -0.15) is 5.10 Å². The maximum Gasteiger partial charge on any atom is 0.137 e. The molecule has 0 aliphatic carbocycles. The van der Waals surface area contributed by atoms with E-state index in [0.29, 0.717) is 0 Å². The Morgan fingerprint density at radius 1 is 1.25 bits per heavy atom. The van der Waals surface area contributed by atoms with Crippen LogP contribution >= 0.6 is 11.6 Å². The van der Waals surface area contributed by atoms with Crippen LogP contribution in [0.4, 0.5) is 0 Å². The minimum Gasteiger partial charge on any atom is -0.249 e. The molecule has 3 nitrogen and oxygen atoms in total. The van der Waals surface area contributed by atoms with Crippen LogP contribution in [0.15, 0.2) is 42.5 Å². The first-order valence-electron chi connectivity index (χ1n) is 6.70. The molecule has 0 bridgehead atoms. The lowest BCUT2D eigenvalue weighted by Gasteiger charge is -2.20. The van der Waals surface area contributed by atoms with Gasteiger partial charge in [-0.25, -0.2) is 9.67 Å². The van der Waals surface area contributed by atoms with Crippen LogP contribution in [0.2, 0.25) is 5.02 Å². The summed E-state index contributed by atoms with van der Waals surface area (Å²) in [5.74, 6) is 0. The molecule has 0 radical (unpaired) electrons. The Morgan fingerprint density at radius 2 is 1.95 bits per heavy atom. The zero-order chi connectivity index (χ0) is 14.6. The van der Waals surface area contributed by atoms with Crippen LogP contribution in [0, 0.1) is 5.41 Å². The summed E-state index contributed by atoms with van der Waals surface area (Å²) in [5, 5.41) is 4.95. The number of nitrogens with zero attached hydrogens (tertiary/aromatic N) is 3. The normalized spacial score (nSPS) is 12.7. The quantitative estimate of drug-likeness (QED) is 0.832. The van der Waals surface area contributed by atoms with E-state index in [2.05, 4.69) is 36.9 Å². The summed E-state index contributed by atoms with van der Waals surface area (Å²) in [4.78, 5) is 4.00. The molecule has 4 heteroatoms. The molecular formula is C16H20ClN3. The van der Waals surface area contributed by atoms with E-state index < -0.39 is 0 Å². The SMILES string of the molecule is CC(C)(C)CC(=Cc1ccc(Cl)cc1)Cn1cncn1. The van der Waals surface area contributed by atoms with Crippen molar-refractivity contribution in [3.63, 3.8) is 0 Å². The second-order valence-corrected chi connectivity index (χ2v) is 6.62. The van der Waals surface area contributed by atoms with Gasteiger partial charge in [-0.15, -0.1) is 0 Å². The molecule has 0 spiro atoms. The first-order chi connectivity index (χ1) is 9.42. The third-order valence-corrected chi connectivity index (χ3v) is 3.08. The van der Waals surface area contributed by atoms with E-state index in [4.69, 9.17) is 11.6 Å². The molecule has 0 aliphatic rings. The predicted octanol–water partition coefficient (Wildman–Crippen LogP) is 4.45. The smallest absolute Gasteiger partial charge is 0.137 e. The molecule has 0 saturated carbocycles. The molecule has 106 valence electrons. The highest BCUT2D eigenvalue weighted by molar-refractivity contribution is 6.30. The molecule has 2 aromatic rings. The first kappa shape index (κ1) is 14.8. The second kappa shape index (κ2) is 6.23. The number of rotatable bonds is 4. The molecule has 1 aromatic carbocycles. The third kappa shape index (κ3) is 4.82. The number of hydrogen-bond acceptors (Lipinski definition) is 2. The van der Waals surface area contributed by atoms with E-state index in [9.17, 15) is 0 Å². The van der Waals surface area contributed by atoms with Crippen molar-refractivity contribution >= 4 is 17.7 Å². The number of halogens is 1. The Kier molecular flexibility index (Phi) is 4.61. The molecule has 0 saturated heterocycles. The molecule has 0 fully saturated rings. The van der Waals surface area contributed by atoms with E-state index >= 15 is 0 Å². The highest BCUT2D eigenvalue weighted by Gasteiger charge is 2.14. The van der Waals surface area contributed by atoms with Crippen LogP contribution in [0.3, 0.4) is 0 Å². The maximum absolute atomic E-state index is 5.93. The highest BCUT2D eigenvalue weighted by atomic mass is 35.5. The molecule has 0 atom stereocenters. The van der Waals surface area contributed by atoms with Crippen LogP contribution in [0.25, 0.3) is 6.08 Å². The van der Waals surface area contributed by atoms with Crippen molar-refractivity contribution in [1.29, 1.82) is 0 Å². The van der Waals surface area contributed by atoms with E-state index in [1.165, 1.54) is 5.57 Å². The van der Waals surface area contributed by atoms with Crippen LogP contribution in [0.5, 0.6) is 0 Å². The molecule has 20 heavy (non-hydrogen) atoms. The van der Waals surface area contributed by atoms with Crippen molar-refractivity contribution in [3.05, 3.63) is 53.1 Å². The van der Waals surface area contributed by atoms with Crippen molar-refractivity contribution in [2.45, 2.75) is 33.7 Å². The lowest BCUT2D eigenvalue weighted by atomic mass is 9.87. The fraction of sp³-hybridized carbons (Fsp3) is 0.375. The van der Waals surface area contributed by atoms with Gasteiger partial charge in [0.2, 0.25) is 0 Å². The van der Waals surface area contributed by atoms with Gasteiger partial charge >= 0.3 is 0 Å². The summed E-state index contributed by atoms with van der Waals surface area (Å²) in [7, 11) is 0. The Hall–Kier alpha value is -1.61. The zero-order valence-electron chi connectivity index (χ0n) is 12.2. The predicted molar refractivity (Wildman–Crippen MR) is 83.5 cm³/mol. The minimum atomic E-state index is 0.235. The van der Waals surface area contributed by atoms with E-state index in [0.717, 1.165) is 23.6 Å². The summed E-state index contributed by atoms with van der Waals surface area (Å²) in [6.07, 6.45) is 6.54. The van der Waals surface area contributed by atoms with Gasteiger partial charge in [0.1, 0.15) is 12.7 Å². The molecule has 1 aromatic heterocycles. The highest BCUT2D eigenvalue weighted by Crippen LogP contribution is 2.26. The fourth-order valence-electron chi connectivity index (χ4n) is 2.15. The van der Waals surface area contributed by atoms with Gasteiger partial charge in [0, 0.05) is 5.02 Å². The molecule has 0 amide bonds. The molecule has 0 unspecified atom stereocenters. The summed E-state index contributed by atoms with van der Waals surface area (Å²) in [5.41, 5.74) is 2.72. The lowest BCUT2D eigenvalue weighted by Crippen LogP contribution is -2.11. The van der Waals surface area contributed by atoms with E-state index in [-0.39, 0.29) is 5.41 Å². The number of aromatic nitrogens is 3. The summed E-state index contributed by atoms with van der Waals surface area (Å²) in [6, 6.07) is 7.90. The molecule has 0 N–H and O–H groups in total. The van der Waals surface area contributed by atoms with Crippen LogP contribution in [-0.4, -0.2) is 14.8 Å². The minimum absolute atomic E-state index is 0.235. The van der Waals surface area contributed by atoms with Crippen LogP contribution < -0.4 is 0 Å². The fourth-order valence-corrected chi connectivity index (χ4v) is 2.28. The van der Waals surface area contributed by atoms with Gasteiger partial charge in [-0.3, -0.25) is 0 Å². The lowest BCUT2D eigenvalue weighted by molar-refractivity contribution is 0.400. The van der Waals surface area contributed by atoms with Crippen molar-refractivity contribution in [3.8, 4) is 0 Å². The van der Waals surface area contributed by atoms with Gasteiger partial charge in [-0.1, -0.05) is 50.6 Å². The molecule has 1 heterocycles. The van der Waals surface area contributed by atoms with Gasteiger partial charge in [-0.05, 0) is 35.1 Å². The average molecular weight is 290 g/mol. The third-order valence-electron chi connectivity index (χ3n) is 2.83. The van der Waals surface area contributed by atoms with Crippen LogP contribution in [0.1, 0.15) is 32.8 Å². The van der Waals surface area contributed by atoms with Gasteiger partial charge in [0.15, 0.2) is 0 Å². The zero-order valence-corrected chi connectivity index (χ0v) is 12.9. The molecular weight excluding hydrogens is 270 g/mol. The standard InChI is InChI=1S/C16H20ClN3/c1-16(2,3)9-14(10-20-12-18-11-19-20)8-13-4-6-15(17)7-5-13/h4-8,11-12H,9-10H2,1-3H3. The number of hydrogen-bond donors (Lipinski definition) is 0. The Labute approximate surface area is 125 Å². The van der Waals surface area contributed by atoms with Crippen molar-refractivity contribution < 1.29 is 0 Å². The number of allylic oxidation sites excluding steroid dienone is 1. The second-order valence-electron chi connectivity index (χ2n) is 6.18. The maximum atomic E-state index is 5.93. The first-order valence-corrected chi connectivity index (χ1v) is 7.08. The summed E-state index contributed by atoms with van der Waals surface area (Å²) >= 11 is 5.93. The van der Waals surface area contributed by atoms with Crippen molar-refractivity contribution in [2.24, 2.45) is 5.41 Å². The van der Waals surface area contributed by atoms with Gasteiger partial charge < -0.3 is 0 Å². The molecule has 0 aliphatic heterocycles. The van der Waals surface area contributed by atoms with Crippen molar-refractivity contribution in [2.75, 3.05) is 0 Å². The topological polar surface area (TPSA) is 30.7 Å². The summed E-state index contributed by atoms with van der Waals surface area (Å²) < 4.78 is 1.85. The van der Waals surface area contributed by atoms with Crippen LogP contribution in [-0.2, 0) is 6.54 Å². The number of benzene rings is 1. The van der Waals surface area contributed by atoms with Gasteiger partial charge in [0.25, 0.3) is 0 Å². The average Bonchev–Trinajstić information content (AvgIpc) is 2.83. The largest absolute Gasteiger partial charge is 0.249 e. The Balaban J connectivity index is 2.23. The van der Waals surface area contributed by atoms with E-state index in [1.807, 2.05) is 28.9 Å². The van der Waals surface area contributed by atoms with Crippen molar-refractivity contribution in [1.82, 2.24) is 14.8 Å². The van der Waals surface area contributed by atoms with Gasteiger partial charge in [0.05, 0.1) is 6.54 Å². The summed E-state index contributed by atoms with van der Waals surface area (Å²) in [6.45, 7) is 7.48. The Bertz CT molecular complexity index is 563. The monoisotopic (exact) mass is 289 g/mol. The van der Waals surface area contributed by atoms with E-state index in [1.54, 1.807) is 12.7 Å². The molecule has 2 rings (SSSR count). The Morgan fingerprint density at radius 3 is 2.50 bits per heavy atom.